The lowest BCUT2D eigenvalue weighted by atomic mass is 9.92. The van der Waals surface area contributed by atoms with Crippen LogP contribution in [-0.2, 0) is 0 Å². The molecule has 1 aromatic heterocycles. The van der Waals surface area contributed by atoms with Crippen LogP contribution in [0.15, 0.2) is 18.2 Å². The molecule has 0 radical (unpaired) electrons. The number of halogens is 1. The Kier molecular flexibility index (Phi) is 3.33. The van der Waals surface area contributed by atoms with Crippen LogP contribution in [0.4, 0.5) is 9.52 Å². The second-order valence-corrected chi connectivity index (χ2v) is 6.40. The average Bonchev–Trinajstić information content (AvgIpc) is 2.57. The molecule has 0 spiro atoms. The molecule has 92 valence electrons. The molecule has 2 nitrogen and oxygen atoms in total. The Hall–Kier alpha value is -1.16. The highest BCUT2D eigenvalue weighted by atomic mass is 32.1. The predicted octanol–water partition coefficient (Wildman–Crippen LogP) is 4.28. The number of nitrogens with one attached hydrogen (secondary N) is 1. The van der Waals surface area contributed by atoms with Gasteiger partial charge in [0.05, 0.1) is 10.2 Å². The largest absolute Gasteiger partial charge is 0.361 e. The lowest BCUT2D eigenvalue weighted by Gasteiger charge is -2.17. The minimum Gasteiger partial charge on any atom is -0.361 e. The zero-order valence-corrected chi connectivity index (χ0v) is 11.2. The van der Waals surface area contributed by atoms with Crippen LogP contribution in [0, 0.1) is 11.2 Å². The third-order valence-corrected chi connectivity index (χ3v) is 3.48. The summed E-state index contributed by atoms with van der Waals surface area (Å²) < 4.78 is 13.9. The van der Waals surface area contributed by atoms with E-state index in [1.807, 2.05) is 0 Å². The van der Waals surface area contributed by atoms with Crippen molar-refractivity contribution in [3.05, 3.63) is 24.0 Å². The maximum absolute atomic E-state index is 13.0. The van der Waals surface area contributed by atoms with E-state index in [2.05, 4.69) is 31.1 Å². The third kappa shape index (κ3) is 3.40. The third-order valence-electron chi connectivity index (χ3n) is 2.50. The quantitative estimate of drug-likeness (QED) is 0.881. The average molecular weight is 252 g/mol. The second kappa shape index (κ2) is 4.61. The van der Waals surface area contributed by atoms with Crippen molar-refractivity contribution in [3.8, 4) is 0 Å². The molecule has 0 saturated heterocycles. The first-order valence-corrected chi connectivity index (χ1v) is 6.56. The molecule has 0 aliphatic rings. The molecular weight excluding hydrogens is 235 g/mol. The topological polar surface area (TPSA) is 24.9 Å². The minimum absolute atomic E-state index is 0.206. The Balaban J connectivity index is 2.05. The summed E-state index contributed by atoms with van der Waals surface area (Å²) in [6.07, 6.45) is 1.08. The van der Waals surface area contributed by atoms with Crippen molar-refractivity contribution in [2.75, 3.05) is 11.9 Å². The van der Waals surface area contributed by atoms with Gasteiger partial charge in [-0.05, 0) is 30.0 Å². The molecular formula is C13H17FN2S. The van der Waals surface area contributed by atoms with Crippen LogP contribution in [0.3, 0.4) is 0 Å². The molecule has 1 aromatic carbocycles. The Morgan fingerprint density at radius 1 is 1.35 bits per heavy atom. The Morgan fingerprint density at radius 3 is 2.82 bits per heavy atom. The van der Waals surface area contributed by atoms with Crippen LogP contribution in [0.2, 0.25) is 0 Å². The van der Waals surface area contributed by atoms with Gasteiger partial charge in [-0.2, -0.15) is 0 Å². The Bertz CT molecular complexity index is 514. The van der Waals surface area contributed by atoms with Gasteiger partial charge in [0.15, 0.2) is 5.13 Å². The number of hydrogen-bond donors (Lipinski definition) is 1. The van der Waals surface area contributed by atoms with Crippen molar-refractivity contribution in [1.82, 2.24) is 4.98 Å². The van der Waals surface area contributed by atoms with Gasteiger partial charge in [-0.1, -0.05) is 32.1 Å². The fourth-order valence-corrected chi connectivity index (χ4v) is 2.43. The zero-order chi connectivity index (χ0) is 12.5. The van der Waals surface area contributed by atoms with Gasteiger partial charge in [0.2, 0.25) is 0 Å². The van der Waals surface area contributed by atoms with Crippen molar-refractivity contribution in [1.29, 1.82) is 0 Å². The van der Waals surface area contributed by atoms with Gasteiger partial charge in [0.1, 0.15) is 5.82 Å². The molecule has 0 bridgehead atoms. The van der Waals surface area contributed by atoms with Gasteiger partial charge >= 0.3 is 0 Å². The molecule has 0 atom stereocenters. The first-order chi connectivity index (χ1) is 7.94. The predicted molar refractivity (Wildman–Crippen MR) is 72.1 cm³/mol. The van der Waals surface area contributed by atoms with E-state index in [1.165, 1.54) is 23.5 Å². The van der Waals surface area contributed by atoms with Gasteiger partial charge in [-0.3, -0.25) is 0 Å². The molecule has 4 heteroatoms. The first-order valence-electron chi connectivity index (χ1n) is 5.74. The highest BCUT2D eigenvalue weighted by Crippen LogP contribution is 2.27. The summed E-state index contributed by atoms with van der Waals surface area (Å²) in [6, 6.07) is 4.69. The van der Waals surface area contributed by atoms with Gasteiger partial charge in [0, 0.05) is 6.54 Å². The number of benzene rings is 1. The van der Waals surface area contributed by atoms with Gasteiger partial charge in [0.25, 0.3) is 0 Å². The Labute approximate surface area is 105 Å². The number of thiazole rings is 1. The van der Waals surface area contributed by atoms with E-state index in [9.17, 15) is 4.39 Å². The van der Waals surface area contributed by atoms with Crippen LogP contribution >= 0.6 is 11.3 Å². The van der Waals surface area contributed by atoms with E-state index in [1.54, 1.807) is 6.07 Å². The van der Waals surface area contributed by atoms with Crippen LogP contribution < -0.4 is 5.32 Å². The SMILES string of the molecule is CC(C)(C)CCNc1nc2ccc(F)cc2s1. The molecule has 0 aliphatic carbocycles. The molecule has 0 fully saturated rings. The standard InChI is InChI=1S/C13H17FN2S/c1-13(2,3)6-7-15-12-16-10-5-4-9(14)8-11(10)17-12/h4-5,8H,6-7H2,1-3H3,(H,15,16). The van der Waals surface area contributed by atoms with Gasteiger partial charge in [-0.15, -0.1) is 0 Å². The highest BCUT2D eigenvalue weighted by molar-refractivity contribution is 7.22. The van der Waals surface area contributed by atoms with Crippen molar-refractivity contribution >= 4 is 26.7 Å². The number of hydrogen-bond acceptors (Lipinski definition) is 3. The molecule has 2 aromatic rings. The van der Waals surface area contributed by atoms with E-state index in [0.717, 1.165) is 28.3 Å². The van der Waals surface area contributed by atoms with E-state index in [0.29, 0.717) is 5.41 Å². The summed E-state index contributed by atoms with van der Waals surface area (Å²) in [4.78, 5) is 4.41. The number of aromatic nitrogens is 1. The fraction of sp³-hybridized carbons (Fsp3) is 0.462. The van der Waals surface area contributed by atoms with E-state index < -0.39 is 0 Å². The molecule has 17 heavy (non-hydrogen) atoms. The molecule has 0 saturated carbocycles. The lowest BCUT2D eigenvalue weighted by Crippen LogP contribution is -2.12. The van der Waals surface area contributed by atoms with E-state index in [-0.39, 0.29) is 5.82 Å². The molecule has 0 unspecified atom stereocenters. The van der Waals surface area contributed by atoms with Crippen molar-refractivity contribution in [2.24, 2.45) is 5.41 Å². The summed E-state index contributed by atoms with van der Waals surface area (Å²) in [5, 5.41) is 4.17. The molecule has 2 rings (SSSR count). The van der Waals surface area contributed by atoms with Crippen LogP contribution in [0.25, 0.3) is 10.2 Å². The summed E-state index contributed by atoms with van der Waals surface area (Å²) in [5.74, 6) is -0.206. The maximum atomic E-state index is 13.0. The number of nitrogens with zero attached hydrogens (tertiary/aromatic N) is 1. The van der Waals surface area contributed by atoms with E-state index >= 15 is 0 Å². The Morgan fingerprint density at radius 2 is 2.12 bits per heavy atom. The second-order valence-electron chi connectivity index (χ2n) is 5.37. The minimum atomic E-state index is -0.206. The normalized spacial score (nSPS) is 12.0. The van der Waals surface area contributed by atoms with Crippen molar-refractivity contribution in [2.45, 2.75) is 27.2 Å². The summed E-state index contributed by atoms with van der Waals surface area (Å²) >= 11 is 1.50. The van der Waals surface area contributed by atoms with Crippen LogP contribution in [-0.4, -0.2) is 11.5 Å². The summed E-state index contributed by atoms with van der Waals surface area (Å²) in [7, 11) is 0. The van der Waals surface area contributed by atoms with E-state index in [4.69, 9.17) is 0 Å². The maximum Gasteiger partial charge on any atom is 0.183 e. The summed E-state index contributed by atoms with van der Waals surface area (Å²) in [5.41, 5.74) is 1.17. The first kappa shape index (κ1) is 12.3. The van der Waals surface area contributed by atoms with Crippen molar-refractivity contribution < 1.29 is 4.39 Å². The lowest BCUT2D eigenvalue weighted by molar-refractivity contribution is 0.390. The molecule has 0 amide bonds. The molecule has 1 N–H and O–H groups in total. The van der Waals surface area contributed by atoms with Crippen LogP contribution in [0.5, 0.6) is 0 Å². The van der Waals surface area contributed by atoms with Gasteiger partial charge in [-0.25, -0.2) is 9.37 Å². The monoisotopic (exact) mass is 252 g/mol. The zero-order valence-electron chi connectivity index (χ0n) is 10.4. The molecule has 0 aliphatic heterocycles. The smallest absolute Gasteiger partial charge is 0.183 e. The highest BCUT2D eigenvalue weighted by Gasteiger charge is 2.10. The van der Waals surface area contributed by atoms with Gasteiger partial charge < -0.3 is 5.32 Å². The number of anilines is 1. The van der Waals surface area contributed by atoms with Crippen molar-refractivity contribution in [3.63, 3.8) is 0 Å². The number of rotatable bonds is 3. The molecule has 1 heterocycles. The number of fused-ring (bicyclic) bond motifs is 1. The summed E-state index contributed by atoms with van der Waals surface area (Å²) in [6.45, 7) is 7.53. The van der Waals surface area contributed by atoms with Crippen LogP contribution in [0.1, 0.15) is 27.2 Å². The fourth-order valence-electron chi connectivity index (χ4n) is 1.52.